The fourth-order valence-corrected chi connectivity index (χ4v) is 4.20. The smallest absolute Gasteiger partial charge is 0.190 e. The van der Waals surface area contributed by atoms with Crippen LogP contribution in [0.4, 0.5) is 0 Å². The van der Waals surface area contributed by atoms with E-state index in [0.29, 0.717) is 16.6 Å². The minimum absolute atomic E-state index is 0.336. The maximum atomic E-state index is 13.2. The van der Waals surface area contributed by atoms with E-state index in [2.05, 4.69) is 0 Å². The van der Waals surface area contributed by atoms with Gasteiger partial charge in [0, 0.05) is 0 Å². The first kappa shape index (κ1) is 16.5. The van der Waals surface area contributed by atoms with Gasteiger partial charge in [0.15, 0.2) is 9.84 Å². The Morgan fingerprint density at radius 1 is 0.750 bits per heavy atom. The van der Waals surface area contributed by atoms with Gasteiger partial charge in [0.05, 0.1) is 4.90 Å². The molecule has 121 valence electrons. The predicted molar refractivity (Wildman–Crippen MR) is 97.3 cm³/mol. The Bertz CT molecular complexity index is 884. The summed E-state index contributed by atoms with van der Waals surface area (Å²) < 4.78 is 26.4. The summed E-state index contributed by atoms with van der Waals surface area (Å²) >= 11 is 0. The predicted octanol–water partition coefficient (Wildman–Crippen LogP) is 4.59. The highest BCUT2D eigenvalue weighted by Gasteiger charge is 2.30. The van der Waals surface area contributed by atoms with E-state index in [4.69, 9.17) is 0 Å². The van der Waals surface area contributed by atoms with Crippen molar-refractivity contribution in [1.82, 2.24) is 0 Å². The standard InChI is InChI=1S/C21H19O2S/c1-17-12-14-20(15-13-17)24(22,23)21(19-10-6-3-7-11-19)16-18-8-4-2-5-9-18/h2-15H,16H2,1H3. The zero-order chi connectivity index (χ0) is 17.0. The lowest BCUT2D eigenvalue weighted by atomic mass is 10.0. The van der Waals surface area contributed by atoms with Gasteiger partial charge in [-0.25, -0.2) is 8.42 Å². The third kappa shape index (κ3) is 3.57. The number of sulfone groups is 1. The lowest BCUT2D eigenvalue weighted by Gasteiger charge is -2.18. The van der Waals surface area contributed by atoms with E-state index in [1.807, 2.05) is 79.7 Å². The minimum atomic E-state index is -3.55. The molecule has 0 aliphatic rings. The number of hydrogen-bond acceptors (Lipinski definition) is 2. The number of aryl methyl sites for hydroxylation is 1. The van der Waals surface area contributed by atoms with Gasteiger partial charge in [0.1, 0.15) is 5.25 Å². The molecule has 0 amide bonds. The Hall–Kier alpha value is -2.39. The van der Waals surface area contributed by atoms with E-state index in [1.165, 1.54) is 0 Å². The molecule has 0 spiro atoms. The van der Waals surface area contributed by atoms with E-state index in [0.717, 1.165) is 16.7 Å². The fraction of sp³-hybridized carbons (Fsp3) is 0.0952. The quantitative estimate of drug-likeness (QED) is 0.683. The molecule has 0 bridgehead atoms. The van der Waals surface area contributed by atoms with Crippen LogP contribution < -0.4 is 0 Å². The molecule has 0 atom stereocenters. The molecule has 3 aromatic rings. The molecule has 1 radical (unpaired) electrons. The van der Waals surface area contributed by atoms with Crippen molar-refractivity contribution >= 4 is 9.84 Å². The second-order valence-electron chi connectivity index (χ2n) is 5.77. The maximum absolute atomic E-state index is 13.2. The third-order valence-corrected chi connectivity index (χ3v) is 5.88. The summed E-state index contributed by atoms with van der Waals surface area (Å²) in [5.41, 5.74) is 2.76. The summed E-state index contributed by atoms with van der Waals surface area (Å²) in [7, 11) is -3.55. The van der Waals surface area contributed by atoms with Crippen LogP contribution in [0.5, 0.6) is 0 Å². The Morgan fingerprint density at radius 2 is 1.29 bits per heavy atom. The van der Waals surface area contributed by atoms with E-state index >= 15 is 0 Å². The first-order valence-corrected chi connectivity index (χ1v) is 9.32. The molecular weight excluding hydrogens is 316 g/mol. The Kier molecular flexibility index (Phi) is 4.81. The normalized spacial score (nSPS) is 11.6. The van der Waals surface area contributed by atoms with Crippen molar-refractivity contribution in [3.8, 4) is 0 Å². The molecule has 3 aromatic carbocycles. The molecule has 0 aromatic heterocycles. The molecule has 2 nitrogen and oxygen atoms in total. The van der Waals surface area contributed by atoms with Crippen LogP contribution in [-0.4, -0.2) is 8.42 Å². The van der Waals surface area contributed by atoms with E-state index < -0.39 is 9.84 Å². The van der Waals surface area contributed by atoms with Gasteiger partial charge in [-0.05, 0) is 36.6 Å². The summed E-state index contributed by atoms with van der Waals surface area (Å²) in [6, 6.07) is 26.0. The van der Waals surface area contributed by atoms with Crippen molar-refractivity contribution in [2.75, 3.05) is 0 Å². The SMILES string of the molecule is Cc1ccc(S(=O)(=O)[C](Cc2ccccc2)c2ccccc2)cc1. The van der Waals surface area contributed by atoms with Crippen LogP contribution in [0.2, 0.25) is 0 Å². The van der Waals surface area contributed by atoms with Gasteiger partial charge < -0.3 is 0 Å². The van der Waals surface area contributed by atoms with Crippen molar-refractivity contribution in [2.24, 2.45) is 0 Å². The zero-order valence-corrected chi connectivity index (χ0v) is 14.3. The van der Waals surface area contributed by atoms with Crippen LogP contribution in [0, 0.1) is 12.2 Å². The van der Waals surface area contributed by atoms with Crippen LogP contribution in [0.15, 0.2) is 89.8 Å². The number of benzene rings is 3. The van der Waals surface area contributed by atoms with Gasteiger partial charge in [-0.1, -0.05) is 78.4 Å². The van der Waals surface area contributed by atoms with Crippen LogP contribution in [-0.2, 0) is 16.3 Å². The largest absolute Gasteiger partial charge is 0.223 e. The average molecular weight is 335 g/mol. The Labute approximate surface area is 143 Å². The topological polar surface area (TPSA) is 34.1 Å². The first-order chi connectivity index (χ1) is 11.6. The van der Waals surface area contributed by atoms with Gasteiger partial charge in [-0.3, -0.25) is 0 Å². The van der Waals surface area contributed by atoms with Crippen molar-refractivity contribution in [3.05, 3.63) is 107 Å². The van der Waals surface area contributed by atoms with Gasteiger partial charge in [0.25, 0.3) is 0 Å². The fourth-order valence-electron chi connectivity index (χ4n) is 2.62. The minimum Gasteiger partial charge on any atom is -0.223 e. The second kappa shape index (κ2) is 7.02. The highest BCUT2D eigenvalue weighted by atomic mass is 32.2. The molecular formula is C21H19O2S. The molecule has 0 aliphatic carbocycles. The van der Waals surface area contributed by atoms with Crippen LogP contribution >= 0.6 is 0 Å². The van der Waals surface area contributed by atoms with Gasteiger partial charge in [0.2, 0.25) is 0 Å². The zero-order valence-electron chi connectivity index (χ0n) is 13.5. The Balaban J connectivity index is 2.05. The molecule has 0 aliphatic heterocycles. The van der Waals surface area contributed by atoms with Crippen molar-refractivity contribution in [3.63, 3.8) is 0 Å². The van der Waals surface area contributed by atoms with Crippen molar-refractivity contribution in [1.29, 1.82) is 0 Å². The lowest BCUT2D eigenvalue weighted by Crippen LogP contribution is -2.17. The molecule has 0 saturated heterocycles. The highest BCUT2D eigenvalue weighted by Crippen LogP contribution is 2.31. The number of rotatable bonds is 5. The molecule has 0 N–H and O–H groups in total. The number of hydrogen-bond donors (Lipinski definition) is 0. The van der Waals surface area contributed by atoms with Gasteiger partial charge in [-0.2, -0.15) is 0 Å². The van der Waals surface area contributed by atoms with E-state index in [-0.39, 0.29) is 0 Å². The summed E-state index contributed by atoms with van der Waals surface area (Å²) in [4.78, 5) is 0.336. The molecule has 0 fully saturated rings. The van der Waals surface area contributed by atoms with Crippen LogP contribution in [0.25, 0.3) is 0 Å². The second-order valence-corrected chi connectivity index (χ2v) is 7.74. The summed E-state index contributed by atoms with van der Waals surface area (Å²) in [6.07, 6.45) is 0.376. The van der Waals surface area contributed by atoms with E-state index in [9.17, 15) is 8.42 Å². The molecule has 0 unspecified atom stereocenters. The molecule has 24 heavy (non-hydrogen) atoms. The average Bonchev–Trinajstić information content (AvgIpc) is 2.61. The van der Waals surface area contributed by atoms with Gasteiger partial charge in [-0.15, -0.1) is 0 Å². The van der Waals surface area contributed by atoms with Crippen molar-refractivity contribution in [2.45, 2.75) is 18.2 Å². The van der Waals surface area contributed by atoms with Crippen molar-refractivity contribution < 1.29 is 8.42 Å². The molecule has 3 rings (SSSR count). The van der Waals surface area contributed by atoms with Crippen LogP contribution in [0.3, 0.4) is 0 Å². The molecule has 0 heterocycles. The molecule has 3 heteroatoms. The summed E-state index contributed by atoms with van der Waals surface area (Å²) in [5, 5.41) is 0.429. The van der Waals surface area contributed by atoms with E-state index in [1.54, 1.807) is 12.1 Å². The van der Waals surface area contributed by atoms with Gasteiger partial charge >= 0.3 is 0 Å². The summed E-state index contributed by atoms with van der Waals surface area (Å²) in [5.74, 6) is 0. The monoisotopic (exact) mass is 335 g/mol. The molecule has 0 saturated carbocycles. The highest BCUT2D eigenvalue weighted by molar-refractivity contribution is 7.94. The lowest BCUT2D eigenvalue weighted by molar-refractivity contribution is 0.596. The summed E-state index contributed by atoms with van der Waals surface area (Å²) in [6.45, 7) is 1.95. The third-order valence-electron chi connectivity index (χ3n) is 3.96. The van der Waals surface area contributed by atoms with Crippen LogP contribution in [0.1, 0.15) is 16.7 Å². The first-order valence-electron chi connectivity index (χ1n) is 7.84. The Morgan fingerprint density at radius 3 is 1.88 bits per heavy atom. The maximum Gasteiger partial charge on any atom is 0.190 e.